The van der Waals surface area contributed by atoms with Crippen molar-refractivity contribution in [1.82, 2.24) is 4.98 Å². The van der Waals surface area contributed by atoms with Crippen molar-refractivity contribution < 1.29 is 4.42 Å². The minimum atomic E-state index is -0.483. The fourth-order valence-corrected chi connectivity index (χ4v) is 2.43. The van der Waals surface area contributed by atoms with Crippen LogP contribution in [0.25, 0.3) is 23.1 Å². The van der Waals surface area contributed by atoms with Gasteiger partial charge in [0.1, 0.15) is 0 Å². The van der Waals surface area contributed by atoms with Gasteiger partial charge >= 0.3 is 5.63 Å². The zero-order valence-corrected chi connectivity index (χ0v) is 12.4. The second-order valence-corrected chi connectivity index (χ2v) is 5.18. The van der Waals surface area contributed by atoms with E-state index < -0.39 is 5.63 Å². The zero-order chi connectivity index (χ0) is 15.7. The Kier molecular flexibility index (Phi) is 3.65. The van der Waals surface area contributed by atoms with E-state index >= 15 is 0 Å². The highest BCUT2D eigenvalue weighted by molar-refractivity contribution is 6.31. The lowest BCUT2D eigenvalue weighted by molar-refractivity contribution is 0.487. The summed E-state index contributed by atoms with van der Waals surface area (Å²) in [5.74, 6) is 0.214. The van der Waals surface area contributed by atoms with Crippen LogP contribution in [0.5, 0.6) is 0 Å². The lowest BCUT2D eigenvalue weighted by Gasteiger charge is -2.03. The number of hydrogen-bond donors (Lipinski definition) is 0. The molecule has 0 saturated carbocycles. The first kappa shape index (κ1) is 14.3. The first-order valence-electron chi connectivity index (χ1n) is 6.61. The summed E-state index contributed by atoms with van der Waals surface area (Å²) in [6, 6.07) is 12.4. The van der Waals surface area contributed by atoms with E-state index in [0.29, 0.717) is 21.5 Å². The second kappa shape index (κ2) is 5.62. The van der Waals surface area contributed by atoms with E-state index in [9.17, 15) is 4.79 Å². The molecule has 0 spiro atoms. The van der Waals surface area contributed by atoms with Gasteiger partial charge in [0, 0.05) is 10.6 Å². The first-order valence-corrected chi connectivity index (χ1v) is 6.99. The van der Waals surface area contributed by atoms with Gasteiger partial charge in [-0.3, -0.25) is 0 Å². The maximum absolute atomic E-state index is 12.2. The molecule has 4 heteroatoms. The number of fused-ring (bicyclic) bond motifs is 1. The number of aromatic nitrogens is 1. The molecule has 0 atom stereocenters. The van der Waals surface area contributed by atoms with E-state index in [1.54, 1.807) is 24.3 Å². The zero-order valence-electron chi connectivity index (χ0n) is 11.7. The highest BCUT2D eigenvalue weighted by atomic mass is 35.5. The van der Waals surface area contributed by atoms with Crippen molar-refractivity contribution >= 4 is 34.7 Å². The molecule has 0 radical (unpaired) electrons. The molecular formula is C18H12ClNO2. The molecule has 3 nitrogen and oxygen atoms in total. The summed E-state index contributed by atoms with van der Waals surface area (Å²) in [5.41, 5.74) is 0.666. The van der Waals surface area contributed by atoms with Crippen LogP contribution >= 0.6 is 11.6 Å². The van der Waals surface area contributed by atoms with Gasteiger partial charge in [0.05, 0.1) is 10.9 Å². The molecule has 2 aromatic carbocycles. The third-order valence-corrected chi connectivity index (χ3v) is 3.57. The molecule has 0 aliphatic heterocycles. The van der Waals surface area contributed by atoms with E-state index in [4.69, 9.17) is 16.0 Å². The van der Waals surface area contributed by atoms with Crippen LogP contribution in [0.4, 0.5) is 0 Å². The van der Waals surface area contributed by atoms with E-state index in [2.05, 4.69) is 18.1 Å². The largest absolute Gasteiger partial charge is 0.403 e. The third kappa shape index (κ3) is 2.47. The highest BCUT2D eigenvalue weighted by Gasteiger charge is 2.10. The van der Waals surface area contributed by atoms with Gasteiger partial charge in [0.2, 0.25) is 5.89 Å². The van der Waals surface area contributed by atoms with Crippen molar-refractivity contribution in [2.75, 3.05) is 0 Å². The van der Waals surface area contributed by atoms with Gasteiger partial charge in [-0.05, 0) is 28.6 Å². The van der Waals surface area contributed by atoms with Crippen molar-refractivity contribution in [1.29, 1.82) is 0 Å². The minimum Gasteiger partial charge on any atom is -0.403 e. The van der Waals surface area contributed by atoms with Crippen LogP contribution in [0, 0.1) is 0 Å². The van der Waals surface area contributed by atoms with Crippen LogP contribution < -0.4 is 16.1 Å². The van der Waals surface area contributed by atoms with E-state index in [-0.39, 0.29) is 5.89 Å². The van der Waals surface area contributed by atoms with Crippen LogP contribution in [-0.4, -0.2) is 4.98 Å². The van der Waals surface area contributed by atoms with E-state index in [1.807, 2.05) is 24.3 Å². The molecule has 0 aliphatic rings. The predicted octanol–water partition coefficient (Wildman–Crippen LogP) is 2.64. The normalized spacial score (nSPS) is 12.2. The molecule has 0 aliphatic carbocycles. The topological polar surface area (TPSA) is 43.1 Å². The van der Waals surface area contributed by atoms with Gasteiger partial charge in [-0.1, -0.05) is 55.1 Å². The lowest BCUT2D eigenvalue weighted by Crippen LogP contribution is -2.25. The monoisotopic (exact) mass is 309 g/mol. The highest BCUT2D eigenvalue weighted by Crippen LogP contribution is 2.17. The van der Waals surface area contributed by atoms with Crippen molar-refractivity contribution in [3.05, 3.63) is 86.9 Å². The summed E-state index contributed by atoms with van der Waals surface area (Å²) in [7, 11) is 0. The van der Waals surface area contributed by atoms with Gasteiger partial charge in [0.25, 0.3) is 0 Å². The van der Waals surface area contributed by atoms with Crippen LogP contribution in [-0.2, 0) is 0 Å². The maximum atomic E-state index is 12.2. The number of allylic oxidation sites excluding steroid dienone is 1. The molecule has 0 unspecified atom stereocenters. The fourth-order valence-electron chi connectivity index (χ4n) is 2.25. The molecule has 0 saturated heterocycles. The van der Waals surface area contributed by atoms with Crippen molar-refractivity contribution in [3.8, 4) is 0 Å². The summed E-state index contributed by atoms with van der Waals surface area (Å²) in [6.45, 7) is 7.77. The molecule has 22 heavy (non-hydrogen) atoms. The van der Waals surface area contributed by atoms with Crippen LogP contribution in [0.3, 0.4) is 0 Å². The van der Waals surface area contributed by atoms with Gasteiger partial charge in [-0.25, -0.2) is 9.78 Å². The van der Waals surface area contributed by atoms with Crippen molar-refractivity contribution in [2.45, 2.75) is 0 Å². The van der Waals surface area contributed by atoms with Crippen molar-refractivity contribution in [2.24, 2.45) is 0 Å². The SMILES string of the molecule is C=C/C(c1nc2ccc(Cl)cc2c(=O)o1)=c1/ccccc1=C. The Hall–Kier alpha value is -2.65. The molecule has 0 fully saturated rings. The number of halogens is 1. The Morgan fingerprint density at radius 1 is 1.23 bits per heavy atom. The van der Waals surface area contributed by atoms with E-state index in [1.165, 1.54) is 0 Å². The average Bonchev–Trinajstić information content (AvgIpc) is 2.51. The number of benzene rings is 2. The number of rotatable bonds is 2. The van der Waals surface area contributed by atoms with Gasteiger partial charge in [-0.2, -0.15) is 0 Å². The Labute approximate surface area is 131 Å². The molecule has 0 amide bonds. The predicted molar refractivity (Wildman–Crippen MR) is 89.2 cm³/mol. The summed E-state index contributed by atoms with van der Waals surface area (Å²) < 4.78 is 5.35. The third-order valence-electron chi connectivity index (χ3n) is 3.33. The second-order valence-electron chi connectivity index (χ2n) is 4.74. The average molecular weight is 310 g/mol. The summed E-state index contributed by atoms with van der Waals surface area (Å²) in [5, 5.41) is 2.44. The molecular weight excluding hydrogens is 298 g/mol. The van der Waals surface area contributed by atoms with Gasteiger partial charge in [-0.15, -0.1) is 0 Å². The molecule has 1 heterocycles. The van der Waals surface area contributed by atoms with Crippen LogP contribution in [0.15, 0.2) is 64.3 Å². The fraction of sp³-hybridized carbons (Fsp3) is 0. The summed E-state index contributed by atoms with van der Waals surface area (Å²) in [6.07, 6.45) is 1.61. The Balaban J connectivity index is 2.40. The molecule has 0 N–H and O–H groups in total. The lowest BCUT2D eigenvalue weighted by atomic mass is 10.1. The molecule has 0 bridgehead atoms. The summed E-state index contributed by atoms with van der Waals surface area (Å²) >= 11 is 5.90. The van der Waals surface area contributed by atoms with Crippen LogP contribution in [0.2, 0.25) is 5.02 Å². The molecule has 108 valence electrons. The Bertz CT molecular complexity index is 1050. The minimum absolute atomic E-state index is 0.214. The molecule has 3 aromatic rings. The molecule has 3 rings (SSSR count). The standard InChI is InChI=1S/C18H12ClNO2/c1-3-13(14-7-5-4-6-11(14)2)17-20-16-9-8-12(19)10-15(16)18(21)22-17/h3-10H,1-2H2/b14-13+. The van der Waals surface area contributed by atoms with Crippen LogP contribution in [0.1, 0.15) is 5.89 Å². The quantitative estimate of drug-likeness (QED) is 0.731. The van der Waals surface area contributed by atoms with Gasteiger partial charge < -0.3 is 4.42 Å². The first-order chi connectivity index (χ1) is 10.6. The van der Waals surface area contributed by atoms with E-state index in [0.717, 1.165) is 10.4 Å². The maximum Gasteiger partial charge on any atom is 0.347 e. The summed E-state index contributed by atoms with van der Waals surface area (Å²) in [4.78, 5) is 16.6. The molecule has 1 aromatic heterocycles. The van der Waals surface area contributed by atoms with Crippen molar-refractivity contribution in [3.63, 3.8) is 0 Å². The van der Waals surface area contributed by atoms with Gasteiger partial charge in [0.15, 0.2) is 0 Å². The Morgan fingerprint density at radius 3 is 2.73 bits per heavy atom. The Morgan fingerprint density at radius 2 is 2.00 bits per heavy atom. The smallest absolute Gasteiger partial charge is 0.347 e. The number of nitrogens with zero attached hydrogens (tertiary/aromatic N) is 1. The number of hydrogen-bond acceptors (Lipinski definition) is 3.